The summed E-state index contributed by atoms with van der Waals surface area (Å²) >= 11 is 0. The molecule has 0 saturated carbocycles. The summed E-state index contributed by atoms with van der Waals surface area (Å²) in [7, 11) is 0. The van der Waals surface area contributed by atoms with Crippen molar-refractivity contribution in [2.24, 2.45) is 0 Å². The Labute approximate surface area is 467 Å². The molecule has 7 heterocycles. The molecule has 6 nitrogen and oxygen atoms in total. The van der Waals surface area contributed by atoms with E-state index in [2.05, 4.69) is 9.97 Å². The first-order valence-corrected chi connectivity index (χ1v) is 25.5. The van der Waals surface area contributed by atoms with Gasteiger partial charge in [0.2, 0.25) is 0 Å². The van der Waals surface area contributed by atoms with Crippen molar-refractivity contribution >= 4 is 70.7 Å². The summed E-state index contributed by atoms with van der Waals surface area (Å²) in [6.45, 7) is 0. The predicted octanol–water partition coefficient (Wildman–Crippen LogP) is 18.3. The number of aromatic amines is 2. The van der Waals surface area contributed by atoms with Gasteiger partial charge in [-0.05, 0) is 146 Å². The van der Waals surface area contributed by atoms with Gasteiger partial charge >= 0.3 is 0 Å². The Bertz CT molecular complexity index is 4180. The van der Waals surface area contributed by atoms with Gasteiger partial charge in [-0.25, -0.2) is 72.6 Å². The highest BCUT2D eigenvalue weighted by atomic mass is 19.2. The molecule has 410 valence electrons. The molecular weight excluding hydrogens is 1100 g/mol. The number of benzene rings is 6. The average molecular weight is 1140 g/mol. The van der Waals surface area contributed by atoms with Crippen molar-refractivity contribution in [2.75, 3.05) is 0 Å². The van der Waals surface area contributed by atoms with Gasteiger partial charge in [0.1, 0.15) is 69.8 Å². The Morgan fingerprint density at radius 3 is 0.488 bits per heavy atom. The number of nitrogens with zero attached hydrogens (tertiary/aromatic N) is 4. The van der Waals surface area contributed by atoms with Crippen molar-refractivity contribution in [1.29, 1.82) is 0 Å². The van der Waals surface area contributed by atoms with Crippen LogP contribution in [0.3, 0.4) is 0 Å². The molecule has 12 bridgehead atoms. The fourth-order valence-corrected chi connectivity index (χ4v) is 10.7. The van der Waals surface area contributed by atoms with Crippen LogP contribution >= 0.6 is 0 Å². The first-order valence-electron chi connectivity index (χ1n) is 25.5. The minimum absolute atomic E-state index is 0.134. The highest BCUT2D eigenvalue weighted by molar-refractivity contribution is 6.01. The van der Waals surface area contributed by atoms with Crippen molar-refractivity contribution in [3.05, 3.63) is 249 Å². The maximum atomic E-state index is 16.3. The molecule has 6 aromatic carbocycles. The van der Waals surface area contributed by atoms with E-state index in [4.69, 9.17) is 19.9 Å². The number of fused-ring (bicyclic) bond motifs is 12. The van der Waals surface area contributed by atoms with Crippen LogP contribution in [0, 0.1) is 69.8 Å². The third kappa shape index (κ3) is 8.89. The molecule has 0 saturated heterocycles. The molecule has 84 heavy (non-hydrogen) atoms. The summed E-state index contributed by atoms with van der Waals surface area (Å²) in [6, 6.07) is 23.4. The average Bonchev–Trinajstić information content (AvgIpc) is 3.24. The van der Waals surface area contributed by atoms with Crippen molar-refractivity contribution < 1.29 is 52.7 Å². The Hall–Kier alpha value is -10.6. The normalized spacial score (nSPS) is 12.3. The second-order valence-electron chi connectivity index (χ2n) is 19.3. The molecule has 0 spiro atoms. The lowest BCUT2D eigenvalue weighted by Crippen LogP contribution is -1.97. The lowest BCUT2D eigenvalue weighted by molar-refractivity contribution is 0.588. The van der Waals surface area contributed by atoms with Crippen LogP contribution in [0.15, 0.2) is 133 Å². The molecule has 0 unspecified atom stereocenters. The van der Waals surface area contributed by atoms with Gasteiger partial charge in [0.05, 0.1) is 78.9 Å². The summed E-state index contributed by atoms with van der Waals surface area (Å²) in [4.78, 5) is 24.9. The van der Waals surface area contributed by atoms with Crippen molar-refractivity contribution in [3.8, 4) is 66.8 Å². The third-order valence-corrected chi connectivity index (χ3v) is 14.3. The van der Waals surface area contributed by atoms with Gasteiger partial charge < -0.3 is 9.97 Å². The zero-order chi connectivity index (χ0) is 58.2. The van der Waals surface area contributed by atoms with Crippen LogP contribution in [-0.2, 0) is 0 Å². The van der Waals surface area contributed by atoms with Gasteiger partial charge in [0.25, 0.3) is 0 Å². The Kier molecular flexibility index (Phi) is 13.0. The summed E-state index contributed by atoms with van der Waals surface area (Å²) < 4.78 is 196. The van der Waals surface area contributed by atoms with Crippen molar-refractivity contribution in [1.82, 2.24) is 29.9 Å². The molecule has 0 amide bonds. The Morgan fingerprint density at radius 1 is 0.179 bits per heavy atom. The van der Waals surface area contributed by atoms with Crippen LogP contribution in [0.2, 0.25) is 0 Å². The topological polar surface area (TPSA) is 83.1 Å². The van der Waals surface area contributed by atoms with Crippen LogP contribution < -0.4 is 0 Å². The first-order chi connectivity index (χ1) is 40.6. The summed E-state index contributed by atoms with van der Waals surface area (Å²) in [5.41, 5.74) is -8.39. The quantitative estimate of drug-likeness (QED) is 0.163. The van der Waals surface area contributed by atoms with Gasteiger partial charge in [-0.3, -0.25) is 0 Å². The number of halogens is 12. The largest absolute Gasteiger partial charge is 0.354 e. The molecule has 0 fully saturated rings. The fourth-order valence-electron chi connectivity index (χ4n) is 10.7. The van der Waals surface area contributed by atoms with Crippen LogP contribution in [0.1, 0.15) is 45.6 Å². The van der Waals surface area contributed by atoms with Crippen LogP contribution in [-0.4, -0.2) is 29.9 Å². The van der Waals surface area contributed by atoms with E-state index < -0.39 is 103 Å². The molecule has 13 rings (SSSR count). The minimum Gasteiger partial charge on any atom is -0.354 e. The Morgan fingerprint density at radius 2 is 0.321 bits per heavy atom. The molecule has 2 N–H and O–H groups in total. The second kappa shape index (κ2) is 20.7. The number of aromatic nitrogens is 6. The molecule has 4 aliphatic heterocycles. The maximum Gasteiger partial charge on any atom is 0.134 e. The smallest absolute Gasteiger partial charge is 0.134 e. The predicted molar refractivity (Wildman–Crippen MR) is 300 cm³/mol. The molecule has 0 atom stereocenters. The van der Waals surface area contributed by atoms with E-state index in [0.29, 0.717) is 0 Å². The number of rotatable bonds is 6. The Balaban J connectivity index is 1.27. The van der Waals surface area contributed by atoms with Gasteiger partial charge in [0.15, 0.2) is 0 Å². The summed E-state index contributed by atoms with van der Waals surface area (Å²) in [5, 5.41) is 0. The lowest BCUT2D eigenvalue weighted by Gasteiger charge is -2.10. The standard InChI is InChI=1S/C66H32F12N6/c67-31-7-1-8-32(68)55(31)61-43-19-21-45(79-43)62(56-33(69)9-2-10-34(56)70)47-23-25-49(81-47)64(58-37(73)13-4-14-38(58)74)51-27-29-53(83-51)66(60-41(77)17-6-18-42(60)78)54-30-28-52(84-54)65(59-39(75)15-5-16-40(59)76)50-26-24-48(82-50)63(46-22-20-44(61)80-46)57-35(71)11-3-12-36(57)72/h1-30,79,84H. The molecule has 0 aliphatic carbocycles. The lowest BCUT2D eigenvalue weighted by atomic mass is 10.0. The second-order valence-corrected chi connectivity index (χ2v) is 19.3. The van der Waals surface area contributed by atoms with E-state index in [1.807, 2.05) is 0 Å². The molecule has 0 radical (unpaired) electrons. The van der Waals surface area contributed by atoms with E-state index in [0.717, 1.165) is 109 Å². The SMILES string of the molecule is Fc1cccc(F)c1-c1c2nc(c(-c3c(F)cccc3F)c3ccc([nH]3)c(-c3c(F)cccc3F)c3nc(c(-c4c(F)cccc4F)c4nc(c(-c5c(F)cccc5F)c5ccc([nH]5)c(-c5c(F)cccc5F)c5nc1C=C5)C=C4)C=C3)C=C2. The fraction of sp³-hybridized carbons (Fsp3) is 0. The minimum atomic E-state index is -1.12. The molecule has 18 heteroatoms. The van der Waals surface area contributed by atoms with Crippen molar-refractivity contribution in [2.45, 2.75) is 0 Å². The summed E-state index contributed by atoms with van der Waals surface area (Å²) in [6.07, 6.45) is 10.3. The van der Waals surface area contributed by atoms with Crippen LogP contribution in [0.4, 0.5) is 52.7 Å². The van der Waals surface area contributed by atoms with E-state index >= 15 is 52.7 Å². The molecule has 9 aromatic rings. The van der Waals surface area contributed by atoms with Crippen LogP contribution in [0.25, 0.3) is 137 Å². The van der Waals surface area contributed by atoms with E-state index in [1.54, 1.807) is 0 Å². The molecule has 4 aliphatic rings. The van der Waals surface area contributed by atoms with Gasteiger partial charge in [-0.1, -0.05) is 36.4 Å². The number of nitrogens with one attached hydrogen (secondary N) is 2. The van der Waals surface area contributed by atoms with Crippen molar-refractivity contribution in [3.63, 3.8) is 0 Å². The number of hydrogen-bond acceptors (Lipinski definition) is 4. The van der Waals surface area contributed by atoms with E-state index in [9.17, 15) is 0 Å². The zero-order valence-electron chi connectivity index (χ0n) is 42.6. The number of H-pyrrole nitrogens is 2. The highest BCUT2D eigenvalue weighted by Gasteiger charge is 2.29. The van der Waals surface area contributed by atoms with Gasteiger partial charge in [0, 0.05) is 55.4 Å². The molecular formula is C66H32F12N6. The van der Waals surface area contributed by atoms with Gasteiger partial charge in [-0.2, -0.15) is 0 Å². The third-order valence-electron chi connectivity index (χ3n) is 14.3. The maximum absolute atomic E-state index is 16.3. The number of hydrogen-bond donors (Lipinski definition) is 2. The zero-order valence-corrected chi connectivity index (χ0v) is 42.6. The monoisotopic (exact) mass is 1140 g/mol. The highest BCUT2D eigenvalue weighted by Crippen LogP contribution is 2.44. The summed E-state index contributed by atoms with van der Waals surface area (Å²) in [5.74, 6) is -13.3. The molecule has 3 aromatic heterocycles. The van der Waals surface area contributed by atoms with Gasteiger partial charge in [-0.15, -0.1) is 0 Å². The van der Waals surface area contributed by atoms with E-state index in [1.165, 1.54) is 72.9 Å². The van der Waals surface area contributed by atoms with Crippen LogP contribution in [0.5, 0.6) is 0 Å². The first kappa shape index (κ1) is 52.7. The van der Waals surface area contributed by atoms with E-state index in [-0.39, 0.29) is 101 Å².